The lowest BCUT2D eigenvalue weighted by Crippen LogP contribution is -2.05. The minimum absolute atomic E-state index is 0.00731. The number of nitro groups is 1. The molecule has 9 heteroatoms. The standard InChI is InChI=1S/C14H8F3NO4S/c15-14(16,17)9-3-6-11(18(21)22)12(7-9)23-10-4-1-8(2-5-10)13(19)20/h1-7H,(H,19,20). The molecule has 0 fully saturated rings. The van der Waals surface area contributed by atoms with Crippen LogP contribution >= 0.6 is 11.8 Å². The van der Waals surface area contributed by atoms with Gasteiger partial charge in [0.2, 0.25) is 0 Å². The van der Waals surface area contributed by atoms with E-state index >= 15 is 0 Å². The van der Waals surface area contributed by atoms with Gasteiger partial charge in [-0.3, -0.25) is 10.1 Å². The topological polar surface area (TPSA) is 80.4 Å². The lowest BCUT2D eigenvalue weighted by molar-refractivity contribution is -0.387. The first-order valence-corrected chi connectivity index (χ1v) is 6.87. The highest BCUT2D eigenvalue weighted by molar-refractivity contribution is 7.99. The molecular formula is C14H8F3NO4S. The predicted molar refractivity (Wildman–Crippen MR) is 75.6 cm³/mol. The molecule has 0 aliphatic rings. The molecule has 2 aromatic carbocycles. The maximum absolute atomic E-state index is 12.7. The van der Waals surface area contributed by atoms with E-state index in [1.807, 2.05) is 0 Å². The van der Waals surface area contributed by atoms with Crippen molar-refractivity contribution in [3.63, 3.8) is 0 Å². The summed E-state index contributed by atoms with van der Waals surface area (Å²) in [5.74, 6) is -1.15. The Labute approximate surface area is 131 Å². The third kappa shape index (κ3) is 4.01. The van der Waals surface area contributed by atoms with E-state index in [1.54, 1.807) is 0 Å². The van der Waals surface area contributed by atoms with Crippen LogP contribution in [0, 0.1) is 10.1 Å². The van der Waals surface area contributed by atoms with Crippen molar-refractivity contribution in [2.45, 2.75) is 16.0 Å². The van der Waals surface area contributed by atoms with Crippen molar-refractivity contribution < 1.29 is 28.0 Å². The molecule has 0 saturated carbocycles. The molecule has 0 heterocycles. The number of benzene rings is 2. The second-order valence-corrected chi connectivity index (χ2v) is 5.48. The Balaban J connectivity index is 2.40. The van der Waals surface area contributed by atoms with Gasteiger partial charge >= 0.3 is 12.1 Å². The molecule has 0 aromatic heterocycles. The number of carboxylic acids is 1. The summed E-state index contributed by atoms with van der Waals surface area (Å²) in [6.07, 6.45) is -4.61. The first kappa shape index (κ1) is 16.8. The van der Waals surface area contributed by atoms with Crippen LogP contribution in [0.15, 0.2) is 52.3 Å². The van der Waals surface area contributed by atoms with E-state index in [-0.39, 0.29) is 10.5 Å². The molecule has 23 heavy (non-hydrogen) atoms. The van der Waals surface area contributed by atoms with Crippen LogP contribution < -0.4 is 0 Å². The highest BCUT2D eigenvalue weighted by atomic mass is 32.2. The number of hydrogen-bond donors (Lipinski definition) is 1. The summed E-state index contributed by atoms with van der Waals surface area (Å²) in [7, 11) is 0. The summed E-state index contributed by atoms with van der Waals surface area (Å²) in [6.45, 7) is 0. The van der Waals surface area contributed by atoms with Gasteiger partial charge in [0, 0.05) is 11.0 Å². The fourth-order valence-corrected chi connectivity index (χ4v) is 2.67. The van der Waals surface area contributed by atoms with Gasteiger partial charge < -0.3 is 5.11 Å². The van der Waals surface area contributed by atoms with Crippen molar-refractivity contribution in [2.75, 3.05) is 0 Å². The molecule has 0 aliphatic carbocycles. The maximum atomic E-state index is 12.7. The summed E-state index contributed by atoms with van der Waals surface area (Å²) < 4.78 is 38.2. The fraction of sp³-hybridized carbons (Fsp3) is 0.0714. The van der Waals surface area contributed by atoms with E-state index in [2.05, 4.69) is 0 Å². The average Bonchev–Trinajstić information content (AvgIpc) is 2.46. The fourth-order valence-electron chi connectivity index (χ4n) is 1.72. The molecule has 0 radical (unpaired) electrons. The van der Waals surface area contributed by atoms with E-state index in [1.165, 1.54) is 24.3 Å². The molecule has 0 spiro atoms. The van der Waals surface area contributed by atoms with E-state index < -0.39 is 28.3 Å². The first-order chi connectivity index (χ1) is 10.7. The van der Waals surface area contributed by atoms with Crippen LogP contribution in [0.1, 0.15) is 15.9 Å². The van der Waals surface area contributed by atoms with Gasteiger partial charge in [-0.05, 0) is 36.4 Å². The van der Waals surface area contributed by atoms with Gasteiger partial charge in [-0.15, -0.1) is 0 Å². The van der Waals surface area contributed by atoms with Crippen molar-refractivity contribution in [2.24, 2.45) is 0 Å². The van der Waals surface area contributed by atoms with Crippen LogP contribution in [-0.4, -0.2) is 16.0 Å². The van der Waals surface area contributed by atoms with Gasteiger partial charge in [0.25, 0.3) is 5.69 Å². The second kappa shape index (κ2) is 6.29. The van der Waals surface area contributed by atoms with Crippen molar-refractivity contribution in [1.82, 2.24) is 0 Å². The molecule has 0 unspecified atom stereocenters. The number of nitro benzene ring substituents is 1. The number of rotatable bonds is 4. The Morgan fingerprint density at radius 3 is 2.22 bits per heavy atom. The highest BCUT2D eigenvalue weighted by Crippen LogP contribution is 2.39. The van der Waals surface area contributed by atoms with Crippen LogP contribution in [0.3, 0.4) is 0 Å². The van der Waals surface area contributed by atoms with Crippen LogP contribution in [0.25, 0.3) is 0 Å². The molecule has 5 nitrogen and oxygen atoms in total. The number of nitrogens with zero attached hydrogens (tertiary/aromatic N) is 1. The molecule has 2 rings (SSSR count). The number of aromatic carboxylic acids is 1. The molecule has 0 amide bonds. The lowest BCUT2D eigenvalue weighted by Gasteiger charge is -2.09. The van der Waals surface area contributed by atoms with Gasteiger partial charge in [-0.2, -0.15) is 13.2 Å². The van der Waals surface area contributed by atoms with Gasteiger partial charge in [0.05, 0.1) is 20.9 Å². The number of halogens is 3. The van der Waals surface area contributed by atoms with E-state index in [4.69, 9.17) is 5.11 Å². The summed E-state index contributed by atoms with van der Waals surface area (Å²) in [6, 6.07) is 7.44. The number of alkyl halides is 3. The van der Waals surface area contributed by atoms with E-state index in [0.717, 1.165) is 17.8 Å². The molecule has 120 valence electrons. The highest BCUT2D eigenvalue weighted by Gasteiger charge is 2.32. The molecule has 2 aromatic rings. The Morgan fingerprint density at radius 2 is 1.74 bits per heavy atom. The van der Waals surface area contributed by atoms with Crippen molar-refractivity contribution in [1.29, 1.82) is 0 Å². The summed E-state index contributed by atoms with van der Waals surface area (Å²) >= 11 is 0.759. The predicted octanol–water partition coefficient (Wildman–Crippen LogP) is 4.46. The van der Waals surface area contributed by atoms with Gasteiger partial charge in [0.15, 0.2) is 0 Å². The Kier molecular flexibility index (Phi) is 4.60. The van der Waals surface area contributed by atoms with Gasteiger partial charge in [-0.1, -0.05) is 11.8 Å². The quantitative estimate of drug-likeness (QED) is 0.655. The number of carboxylic acid groups (broad SMARTS) is 1. The normalized spacial score (nSPS) is 11.3. The average molecular weight is 343 g/mol. The van der Waals surface area contributed by atoms with E-state index in [0.29, 0.717) is 17.0 Å². The van der Waals surface area contributed by atoms with Crippen LogP contribution in [0.2, 0.25) is 0 Å². The zero-order valence-electron chi connectivity index (χ0n) is 11.2. The summed E-state index contributed by atoms with van der Waals surface area (Å²) in [5.41, 5.74) is -1.44. The molecule has 0 aliphatic heterocycles. The third-order valence-electron chi connectivity index (χ3n) is 2.81. The Morgan fingerprint density at radius 1 is 1.13 bits per heavy atom. The number of carbonyl (C=O) groups is 1. The van der Waals surface area contributed by atoms with Crippen LogP contribution in [-0.2, 0) is 6.18 Å². The monoisotopic (exact) mass is 343 g/mol. The molecule has 0 bridgehead atoms. The maximum Gasteiger partial charge on any atom is 0.416 e. The van der Waals surface area contributed by atoms with Crippen molar-refractivity contribution >= 4 is 23.4 Å². The van der Waals surface area contributed by atoms with E-state index in [9.17, 15) is 28.1 Å². The van der Waals surface area contributed by atoms with Crippen molar-refractivity contribution in [3.8, 4) is 0 Å². The summed E-state index contributed by atoms with van der Waals surface area (Å²) in [5, 5.41) is 19.7. The van der Waals surface area contributed by atoms with Gasteiger partial charge in [-0.25, -0.2) is 4.79 Å². The molecular weight excluding hydrogens is 335 g/mol. The third-order valence-corrected chi connectivity index (χ3v) is 3.87. The van der Waals surface area contributed by atoms with Gasteiger partial charge in [0.1, 0.15) is 0 Å². The smallest absolute Gasteiger partial charge is 0.416 e. The van der Waals surface area contributed by atoms with Crippen LogP contribution in [0.5, 0.6) is 0 Å². The van der Waals surface area contributed by atoms with Crippen LogP contribution in [0.4, 0.5) is 18.9 Å². The SMILES string of the molecule is O=C(O)c1ccc(Sc2cc(C(F)(F)F)ccc2[N+](=O)[O-])cc1. The zero-order chi connectivity index (χ0) is 17.2. The number of hydrogen-bond acceptors (Lipinski definition) is 4. The largest absolute Gasteiger partial charge is 0.478 e. The molecule has 0 atom stereocenters. The minimum Gasteiger partial charge on any atom is -0.478 e. The first-order valence-electron chi connectivity index (χ1n) is 6.05. The Bertz CT molecular complexity index is 760. The van der Waals surface area contributed by atoms with Crippen molar-refractivity contribution in [3.05, 3.63) is 63.7 Å². The minimum atomic E-state index is -4.61. The molecule has 0 saturated heterocycles. The molecule has 1 N–H and O–H groups in total. The zero-order valence-corrected chi connectivity index (χ0v) is 12.0. The second-order valence-electron chi connectivity index (χ2n) is 4.37. The Hall–Kier alpha value is -2.55. The summed E-state index contributed by atoms with van der Waals surface area (Å²) in [4.78, 5) is 21.1. The lowest BCUT2D eigenvalue weighted by atomic mass is 10.2.